The highest BCUT2D eigenvalue weighted by atomic mass is 16.3. The van der Waals surface area contributed by atoms with Crippen molar-refractivity contribution in [2.75, 3.05) is 11.9 Å². The number of aromatic amines is 1. The Morgan fingerprint density at radius 3 is 2.52 bits per heavy atom. The van der Waals surface area contributed by atoms with E-state index in [0.717, 1.165) is 29.8 Å². The zero-order valence-electron chi connectivity index (χ0n) is 16.5. The number of H-pyrrole nitrogens is 1. The average molecular weight is 390 g/mol. The first-order valence-corrected chi connectivity index (χ1v) is 10.3. The van der Waals surface area contributed by atoms with Crippen molar-refractivity contribution in [3.63, 3.8) is 0 Å². The Labute approximate surface area is 170 Å². The van der Waals surface area contributed by atoms with Gasteiger partial charge in [0, 0.05) is 42.5 Å². The highest BCUT2D eigenvalue weighted by molar-refractivity contribution is 5.73. The summed E-state index contributed by atoms with van der Waals surface area (Å²) < 4.78 is 0. The van der Waals surface area contributed by atoms with Gasteiger partial charge in [-0.25, -0.2) is 0 Å². The molecule has 2 aromatic heterocycles. The molecule has 2 unspecified atom stereocenters. The van der Waals surface area contributed by atoms with E-state index in [1.807, 2.05) is 24.3 Å². The SMILES string of the molecule is CN(c1ccc(-c2ccc(-c3cn[nH]c3)cc2O)nn1)C1CC2CCC[C@@H](C1)N2. The number of rotatable bonds is 4. The molecule has 3 N–H and O–H groups in total. The molecule has 2 aliphatic heterocycles. The van der Waals surface area contributed by atoms with Crippen molar-refractivity contribution >= 4 is 5.82 Å². The van der Waals surface area contributed by atoms with E-state index < -0.39 is 0 Å². The summed E-state index contributed by atoms with van der Waals surface area (Å²) in [4.78, 5) is 2.27. The molecule has 0 radical (unpaired) electrons. The van der Waals surface area contributed by atoms with Gasteiger partial charge in [0.2, 0.25) is 0 Å². The summed E-state index contributed by atoms with van der Waals surface area (Å²) in [5, 5.41) is 29.9. The van der Waals surface area contributed by atoms with Crippen molar-refractivity contribution in [3.05, 3.63) is 42.7 Å². The molecule has 2 bridgehead atoms. The molecule has 1 aromatic carbocycles. The number of phenolic OH excluding ortho intramolecular Hbond substituents is 1. The minimum absolute atomic E-state index is 0.185. The monoisotopic (exact) mass is 390 g/mol. The number of nitrogens with one attached hydrogen (secondary N) is 2. The van der Waals surface area contributed by atoms with E-state index in [1.165, 1.54) is 19.3 Å². The van der Waals surface area contributed by atoms with Crippen LogP contribution in [0, 0.1) is 0 Å². The number of piperidine rings is 2. The molecule has 2 fully saturated rings. The summed E-state index contributed by atoms with van der Waals surface area (Å²) in [7, 11) is 2.12. The van der Waals surface area contributed by atoms with Gasteiger partial charge in [0.1, 0.15) is 5.75 Å². The number of phenols is 1. The highest BCUT2D eigenvalue weighted by Crippen LogP contribution is 2.33. The van der Waals surface area contributed by atoms with Crippen LogP contribution in [0.1, 0.15) is 32.1 Å². The summed E-state index contributed by atoms with van der Waals surface area (Å²) in [6.45, 7) is 0. The Morgan fingerprint density at radius 2 is 1.86 bits per heavy atom. The van der Waals surface area contributed by atoms with E-state index in [2.05, 4.69) is 37.7 Å². The molecule has 0 aliphatic carbocycles. The van der Waals surface area contributed by atoms with E-state index in [0.29, 0.717) is 29.4 Å². The maximum Gasteiger partial charge on any atom is 0.151 e. The lowest BCUT2D eigenvalue weighted by Crippen LogP contribution is -2.54. The Balaban J connectivity index is 1.33. The lowest BCUT2D eigenvalue weighted by atomic mass is 9.83. The molecule has 0 spiro atoms. The normalized spacial score (nSPS) is 23.7. The Morgan fingerprint density at radius 1 is 1.03 bits per heavy atom. The fourth-order valence-corrected chi connectivity index (χ4v) is 4.73. The predicted octanol–water partition coefficient (Wildman–Crippen LogP) is 3.35. The zero-order valence-corrected chi connectivity index (χ0v) is 16.5. The smallest absolute Gasteiger partial charge is 0.151 e. The summed E-state index contributed by atoms with van der Waals surface area (Å²) in [5.41, 5.74) is 3.18. The molecule has 7 heteroatoms. The Bertz CT molecular complexity index is 959. The van der Waals surface area contributed by atoms with E-state index in [9.17, 15) is 5.11 Å². The number of aromatic nitrogens is 4. The number of nitrogens with zero attached hydrogens (tertiary/aromatic N) is 4. The van der Waals surface area contributed by atoms with Crippen LogP contribution in [-0.2, 0) is 0 Å². The minimum Gasteiger partial charge on any atom is -0.507 e. The standard InChI is InChI=1S/C22H26N6O/c1-28(18-10-16-3-2-4-17(11-18)25-16)22-8-7-20(26-27-22)19-6-5-14(9-21(19)29)15-12-23-24-13-15/h5-9,12-13,16-18,25,29H,2-4,10-11H2,1H3,(H,23,24)/t16-,17?,18?/m0/s1. The van der Waals surface area contributed by atoms with Gasteiger partial charge in [-0.1, -0.05) is 12.5 Å². The van der Waals surface area contributed by atoms with Crippen LogP contribution >= 0.6 is 0 Å². The lowest BCUT2D eigenvalue weighted by Gasteiger charge is -2.43. The first kappa shape index (κ1) is 18.1. The van der Waals surface area contributed by atoms with Crippen LogP contribution in [0.2, 0.25) is 0 Å². The number of hydrogen-bond acceptors (Lipinski definition) is 6. The summed E-state index contributed by atoms with van der Waals surface area (Å²) in [6, 6.07) is 11.3. The van der Waals surface area contributed by atoms with Gasteiger partial charge in [0.05, 0.1) is 11.9 Å². The molecule has 29 heavy (non-hydrogen) atoms. The van der Waals surface area contributed by atoms with Crippen LogP contribution in [0.15, 0.2) is 42.7 Å². The van der Waals surface area contributed by atoms with Crippen LogP contribution in [0.3, 0.4) is 0 Å². The maximum atomic E-state index is 10.5. The molecule has 0 amide bonds. The first-order chi connectivity index (χ1) is 14.2. The predicted molar refractivity (Wildman–Crippen MR) is 113 cm³/mol. The van der Waals surface area contributed by atoms with E-state index >= 15 is 0 Å². The van der Waals surface area contributed by atoms with Crippen LogP contribution < -0.4 is 10.2 Å². The molecule has 0 saturated carbocycles. The van der Waals surface area contributed by atoms with Crippen molar-refractivity contribution in [1.82, 2.24) is 25.7 Å². The van der Waals surface area contributed by atoms with Gasteiger partial charge in [0.15, 0.2) is 5.82 Å². The number of benzene rings is 1. The van der Waals surface area contributed by atoms with Gasteiger partial charge in [-0.3, -0.25) is 5.10 Å². The second-order valence-electron chi connectivity index (χ2n) is 8.22. The van der Waals surface area contributed by atoms with E-state index in [-0.39, 0.29) is 5.75 Å². The molecular weight excluding hydrogens is 364 g/mol. The largest absolute Gasteiger partial charge is 0.507 e. The highest BCUT2D eigenvalue weighted by Gasteiger charge is 2.33. The van der Waals surface area contributed by atoms with E-state index in [4.69, 9.17) is 0 Å². The van der Waals surface area contributed by atoms with Crippen molar-refractivity contribution in [2.24, 2.45) is 0 Å². The fourth-order valence-electron chi connectivity index (χ4n) is 4.73. The van der Waals surface area contributed by atoms with Crippen molar-refractivity contribution in [1.29, 1.82) is 0 Å². The summed E-state index contributed by atoms with van der Waals surface area (Å²) in [5.74, 6) is 1.07. The van der Waals surface area contributed by atoms with Crippen LogP contribution in [0.5, 0.6) is 5.75 Å². The van der Waals surface area contributed by atoms with Gasteiger partial charge in [-0.2, -0.15) is 5.10 Å². The van der Waals surface area contributed by atoms with Gasteiger partial charge < -0.3 is 15.3 Å². The Hall–Kier alpha value is -2.93. The second-order valence-corrected chi connectivity index (χ2v) is 8.22. The maximum absolute atomic E-state index is 10.5. The molecular formula is C22H26N6O. The van der Waals surface area contributed by atoms with E-state index in [1.54, 1.807) is 18.5 Å². The Kier molecular flexibility index (Phi) is 4.67. The fraction of sp³-hybridized carbons (Fsp3) is 0.409. The number of fused-ring (bicyclic) bond motifs is 2. The third-order valence-electron chi connectivity index (χ3n) is 6.35. The molecule has 2 aliphatic rings. The molecule has 3 aromatic rings. The number of anilines is 1. The molecule has 2 saturated heterocycles. The second kappa shape index (κ2) is 7.48. The summed E-state index contributed by atoms with van der Waals surface area (Å²) >= 11 is 0. The van der Waals surface area contributed by atoms with Crippen LogP contribution in [-0.4, -0.2) is 50.7 Å². The van der Waals surface area contributed by atoms with Crippen LogP contribution in [0.4, 0.5) is 5.82 Å². The minimum atomic E-state index is 0.185. The van der Waals surface area contributed by atoms with Crippen LogP contribution in [0.25, 0.3) is 22.4 Å². The molecule has 3 atom stereocenters. The number of aromatic hydroxyl groups is 1. The zero-order chi connectivity index (χ0) is 19.8. The van der Waals surface area contributed by atoms with Gasteiger partial charge in [-0.15, -0.1) is 10.2 Å². The first-order valence-electron chi connectivity index (χ1n) is 10.3. The topological polar surface area (TPSA) is 90.0 Å². The molecule has 7 nitrogen and oxygen atoms in total. The lowest BCUT2D eigenvalue weighted by molar-refractivity contribution is 0.219. The molecule has 5 rings (SSSR count). The average Bonchev–Trinajstić information content (AvgIpc) is 3.28. The van der Waals surface area contributed by atoms with Crippen molar-refractivity contribution < 1.29 is 5.11 Å². The van der Waals surface area contributed by atoms with Gasteiger partial charge in [-0.05, 0) is 55.5 Å². The third kappa shape index (κ3) is 3.58. The number of hydrogen-bond donors (Lipinski definition) is 3. The quantitative estimate of drug-likeness (QED) is 0.633. The van der Waals surface area contributed by atoms with Crippen molar-refractivity contribution in [2.45, 2.75) is 50.2 Å². The third-order valence-corrected chi connectivity index (χ3v) is 6.35. The van der Waals surface area contributed by atoms with Gasteiger partial charge >= 0.3 is 0 Å². The van der Waals surface area contributed by atoms with Crippen molar-refractivity contribution in [3.8, 4) is 28.1 Å². The molecule has 150 valence electrons. The summed E-state index contributed by atoms with van der Waals surface area (Å²) in [6.07, 6.45) is 9.75. The van der Waals surface area contributed by atoms with Gasteiger partial charge in [0.25, 0.3) is 0 Å². The molecule has 4 heterocycles.